The molecule has 0 bridgehead atoms. The second-order valence-corrected chi connectivity index (χ2v) is 11.9. The van der Waals surface area contributed by atoms with Crippen molar-refractivity contribution >= 4 is 39.1 Å². The molecule has 230 valence electrons. The van der Waals surface area contributed by atoms with Crippen molar-refractivity contribution in [1.29, 1.82) is 0 Å². The molecule has 1 atom stereocenters. The summed E-state index contributed by atoms with van der Waals surface area (Å²) in [5.41, 5.74) is 3.09. The topological polar surface area (TPSA) is 97.2 Å². The summed E-state index contributed by atoms with van der Waals surface area (Å²) in [6.07, 6.45) is 0.232. The average molecular weight is 635 g/mol. The van der Waals surface area contributed by atoms with Gasteiger partial charge in [-0.3, -0.25) is 4.90 Å². The Kier molecular flexibility index (Phi) is 10.2. The molecule has 4 aromatic rings. The Morgan fingerprint density at radius 1 is 1.14 bits per heavy atom. The molecule has 11 heteroatoms. The van der Waals surface area contributed by atoms with Crippen molar-refractivity contribution in [1.82, 2.24) is 19.8 Å². The number of ether oxygens (including phenoxy) is 3. The van der Waals surface area contributed by atoms with Crippen LogP contribution in [-0.4, -0.2) is 90.4 Å². The number of fused-ring (bicyclic) bond motifs is 1. The van der Waals surface area contributed by atoms with Crippen LogP contribution in [0.15, 0.2) is 42.7 Å². The summed E-state index contributed by atoms with van der Waals surface area (Å²) in [7, 11) is 3.69. The number of hydrogen-bond acceptors (Lipinski definition) is 9. The van der Waals surface area contributed by atoms with Crippen LogP contribution in [0.4, 0.5) is 0 Å². The van der Waals surface area contributed by atoms with Crippen LogP contribution in [0.3, 0.4) is 0 Å². The van der Waals surface area contributed by atoms with E-state index in [0.717, 1.165) is 54.3 Å². The van der Waals surface area contributed by atoms with Gasteiger partial charge in [-0.15, -0.1) is 17.3 Å². The Morgan fingerprint density at radius 2 is 1.91 bits per heavy atom. The van der Waals surface area contributed by atoms with Crippen molar-refractivity contribution in [2.45, 2.75) is 26.4 Å². The van der Waals surface area contributed by atoms with Crippen LogP contribution < -0.4 is 14.2 Å². The molecule has 1 fully saturated rings. The molecule has 0 unspecified atom stereocenters. The number of nitrogens with zero attached hydrogens (tertiary/aromatic N) is 4. The quantitative estimate of drug-likeness (QED) is 0.218. The molecule has 9 nitrogen and oxygen atoms in total. The van der Waals surface area contributed by atoms with Gasteiger partial charge in [0, 0.05) is 44.7 Å². The number of carboxylic acid groups (broad SMARTS) is 1. The smallest absolute Gasteiger partial charge is 0.345 e. The van der Waals surface area contributed by atoms with Gasteiger partial charge >= 0.3 is 5.97 Å². The molecule has 0 aliphatic carbocycles. The zero-order valence-corrected chi connectivity index (χ0v) is 26.8. The Labute approximate surface area is 266 Å². The summed E-state index contributed by atoms with van der Waals surface area (Å²) in [4.78, 5) is 27.4. The minimum Gasteiger partial charge on any atom is -0.496 e. The third-order valence-electron chi connectivity index (χ3n) is 7.70. The number of halogens is 1. The maximum Gasteiger partial charge on any atom is 0.345 e. The lowest BCUT2D eigenvalue weighted by Crippen LogP contribution is -2.45. The lowest BCUT2D eigenvalue weighted by molar-refractivity contribution is -0.145. The maximum absolute atomic E-state index is 12.4. The van der Waals surface area contributed by atoms with E-state index in [1.165, 1.54) is 17.7 Å². The van der Waals surface area contributed by atoms with Gasteiger partial charge in [-0.2, -0.15) is 0 Å². The molecule has 2 aromatic heterocycles. The summed E-state index contributed by atoms with van der Waals surface area (Å²) in [5.74, 6) is 6.41. The monoisotopic (exact) mass is 634 g/mol. The average Bonchev–Trinajstić information content (AvgIpc) is 3.39. The van der Waals surface area contributed by atoms with Gasteiger partial charge < -0.3 is 24.2 Å². The second-order valence-electron chi connectivity index (χ2n) is 10.5. The Morgan fingerprint density at radius 3 is 2.64 bits per heavy atom. The number of methoxy groups -OCH3 is 1. The summed E-state index contributed by atoms with van der Waals surface area (Å²) in [6.45, 7) is 9.20. The number of benzene rings is 2. The minimum atomic E-state index is -1.22. The van der Waals surface area contributed by atoms with Gasteiger partial charge in [0.05, 0.1) is 22.4 Å². The zero-order valence-electron chi connectivity index (χ0n) is 25.2. The van der Waals surface area contributed by atoms with Crippen molar-refractivity contribution in [3.05, 3.63) is 63.8 Å². The Bertz CT molecular complexity index is 1710. The van der Waals surface area contributed by atoms with Crippen LogP contribution in [0, 0.1) is 18.8 Å². The third-order valence-corrected chi connectivity index (χ3v) is 9.18. The first-order valence-electron chi connectivity index (χ1n) is 14.4. The maximum atomic E-state index is 12.4. The van der Waals surface area contributed by atoms with Crippen LogP contribution in [-0.2, 0) is 11.2 Å². The first-order chi connectivity index (χ1) is 21.3. The highest BCUT2D eigenvalue weighted by Crippen LogP contribution is 2.45. The van der Waals surface area contributed by atoms with E-state index in [4.69, 9.17) is 25.8 Å². The van der Waals surface area contributed by atoms with Crippen molar-refractivity contribution in [2.24, 2.45) is 0 Å². The fourth-order valence-electron chi connectivity index (χ4n) is 5.24. The normalized spacial score (nSPS) is 14.6. The van der Waals surface area contributed by atoms with Crippen molar-refractivity contribution in [3.63, 3.8) is 0 Å². The number of carbonyl (C=O) groups is 1. The van der Waals surface area contributed by atoms with Crippen LogP contribution in [0.5, 0.6) is 17.4 Å². The van der Waals surface area contributed by atoms with Gasteiger partial charge in [0.1, 0.15) is 29.3 Å². The molecule has 1 saturated heterocycles. The number of rotatable bonds is 11. The first-order valence-corrected chi connectivity index (χ1v) is 15.5. The van der Waals surface area contributed by atoms with Gasteiger partial charge in [-0.05, 0) is 49.7 Å². The van der Waals surface area contributed by atoms with Crippen molar-refractivity contribution in [2.75, 3.05) is 53.5 Å². The molecule has 5 rings (SSSR count). The minimum absolute atomic E-state index is 0.0803. The number of para-hydroxylation sites is 1. The van der Waals surface area contributed by atoms with E-state index in [-0.39, 0.29) is 12.3 Å². The number of aromatic nitrogens is 2. The van der Waals surface area contributed by atoms with E-state index in [0.29, 0.717) is 38.9 Å². The largest absolute Gasteiger partial charge is 0.496 e. The molecule has 1 aliphatic rings. The van der Waals surface area contributed by atoms with E-state index in [1.807, 2.05) is 37.3 Å². The number of piperazine rings is 1. The molecule has 0 saturated carbocycles. The lowest BCUT2D eigenvalue weighted by atomic mass is 9.98. The summed E-state index contributed by atoms with van der Waals surface area (Å²) < 4.78 is 17.7. The molecule has 0 radical (unpaired) electrons. The molecule has 44 heavy (non-hydrogen) atoms. The van der Waals surface area contributed by atoms with Crippen LogP contribution in [0.1, 0.15) is 22.9 Å². The number of hydrogen-bond donors (Lipinski definition) is 1. The molecular formula is C33H35ClN4O5S. The summed E-state index contributed by atoms with van der Waals surface area (Å²) >= 11 is 8.29. The van der Waals surface area contributed by atoms with Crippen LogP contribution >= 0.6 is 22.9 Å². The van der Waals surface area contributed by atoms with Gasteiger partial charge in [-0.25, -0.2) is 14.8 Å². The van der Waals surface area contributed by atoms with Crippen molar-refractivity contribution < 1.29 is 24.1 Å². The van der Waals surface area contributed by atoms with E-state index >= 15 is 0 Å². The number of carboxylic acids is 1. The molecule has 2 aromatic carbocycles. The first kappa shape index (κ1) is 31.5. The molecule has 1 N–H and O–H groups in total. The Hall–Kier alpha value is -3.88. The highest BCUT2D eigenvalue weighted by atomic mass is 35.5. The fourth-order valence-corrected chi connectivity index (χ4v) is 6.51. The molecule has 1 aliphatic heterocycles. The van der Waals surface area contributed by atoms with Crippen LogP contribution in [0.2, 0.25) is 5.02 Å². The predicted molar refractivity (Wildman–Crippen MR) is 173 cm³/mol. The van der Waals surface area contributed by atoms with E-state index in [1.54, 1.807) is 20.1 Å². The predicted octanol–water partition coefficient (Wildman–Crippen LogP) is 5.40. The van der Waals surface area contributed by atoms with Crippen molar-refractivity contribution in [3.8, 4) is 40.3 Å². The number of aliphatic carboxylic acids is 1. The summed E-state index contributed by atoms with van der Waals surface area (Å²) in [6, 6.07) is 11.1. The molecule has 0 amide bonds. The standard InChI is InChI=1S/C33H35ClN4O5S/c1-5-8-27-28(23-11-12-25(30(34)21(23)2)42-18-17-38-15-13-37(3)14-16-38)29-31(35-20-36-32(29)44-27)43-26(33(39)40)19-22-9-6-7-10-24(22)41-4/h6-7,9-12,20,26H,13-19H2,1-4H3,(H,39,40)/t26-/m1/s1. The van der Waals surface area contributed by atoms with Gasteiger partial charge in [0.15, 0.2) is 0 Å². The van der Waals surface area contributed by atoms with Crippen LogP contribution in [0.25, 0.3) is 21.3 Å². The SMILES string of the molecule is CC#Cc1sc2ncnc(O[C@H](Cc3ccccc3OC)C(=O)O)c2c1-c1ccc(OCCN2CCN(C)CC2)c(Cl)c1C. The summed E-state index contributed by atoms with van der Waals surface area (Å²) in [5, 5.41) is 11.2. The second kappa shape index (κ2) is 14.3. The van der Waals surface area contributed by atoms with E-state index in [2.05, 4.69) is 38.7 Å². The highest BCUT2D eigenvalue weighted by Gasteiger charge is 2.27. The van der Waals surface area contributed by atoms with Gasteiger partial charge in [0.2, 0.25) is 12.0 Å². The van der Waals surface area contributed by atoms with E-state index in [9.17, 15) is 9.90 Å². The zero-order chi connectivity index (χ0) is 31.2. The lowest BCUT2D eigenvalue weighted by Gasteiger charge is -2.32. The molecule has 0 spiro atoms. The number of likely N-dealkylation sites (N-methyl/N-ethyl adjacent to an activating group) is 1. The van der Waals surface area contributed by atoms with Gasteiger partial charge in [0.25, 0.3) is 0 Å². The highest BCUT2D eigenvalue weighted by molar-refractivity contribution is 7.19. The third kappa shape index (κ3) is 6.92. The molecule has 3 heterocycles. The Balaban J connectivity index is 1.47. The van der Waals surface area contributed by atoms with E-state index < -0.39 is 12.1 Å². The fraction of sp³-hybridized carbons (Fsp3) is 0.364. The molecular weight excluding hydrogens is 600 g/mol. The number of thiophene rings is 1. The van der Waals surface area contributed by atoms with Gasteiger partial charge in [-0.1, -0.05) is 41.8 Å².